The van der Waals surface area contributed by atoms with Gasteiger partial charge in [0.1, 0.15) is 0 Å². The first-order valence-corrected chi connectivity index (χ1v) is 8.40. The van der Waals surface area contributed by atoms with Crippen LogP contribution in [0.4, 0.5) is 0 Å². The van der Waals surface area contributed by atoms with Crippen LogP contribution in [-0.2, 0) is 10.0 Å². The largest absolute Gasteiger partial charge is 0.330 e. The van der Waals surface area contributed by atoms with Crippen LogP contribution >= 0.6 is 0 Å². The molecule has 0 saturated heterocycles. The first-order chi connectivity index (χ1) is 8.07. The molecule has 1 rings (SSSR count). The van der Waals surface area contributed by atoms with E-state index < -0.39 is 10.0 Å². The molecular formula is C12H26N2O2S. The normalized spacial score (nSPS) is 26.0. The molecule has 0 aliphatic heterocycles. The summed E-state index contributed by atoms with van der Waals surface area (Å²) in [6, 6.07) is 0. The van der Waals surface area contributed by atoms with E-state index in [1.54, 1.807) is 0 Å². The third-order valence-electron chi connectivity index (χ3n) is 3.75. The molecule has 102 valence electrons. The van der Waals surface area contributed by atoms with Gasteiger partial charge in [-0.1, -0.05) is 26.2 Å². The first kappa shape index (κ1) is 14.9. The molecule has 0 amide bonds. The van der Waals surface area contributed by atoms with Crippen LogP contribution < -0.4 is 10.5 Å². The predicted molar refractivity (Wildman–Crippen MR) is 71.2 cm³/mol. The molecule has 1 saturated carbocycles. The second kappa shape index (κ2) is 7.34. The van der Waals surface area contributed by atoms with Gasteiger partial charge in [-0.15, -0.1) is 0 Å². The minimum Gasteiger partial charge on any atom is -0.330 e. The van der Waals surface area contributed by atoms with Crippen molar-refractivity contribution in [2.45, 2.75) is 45.4 Å². The minimum atomic E-state index is -3.09. The van der Waals surface area contributed by atoms with Crippen LogP contribution in [0, 0.1) is 11.8 Å². The van der Waals surface area contributed by atoms with Crippen molar-refractivity contribution in [3.8, 4) is 0 Å². The highest BCUT2D eigenvalue weighted by Crippen LogP contribution is 2.30. The summed E-state index contributed by atoms with van der Waals surface area (Å²) < 4.78 is 25.9. The lowest BCUT2D eigenvalue weighted by Gasteiger charge is -2.27. The molecule has 0 aromatic rings. The van der Waals surface area contributed by atoms with E-state index in [2.05, 4.69) is 11.6 Å². The SMILES string of the molecule is CCC1CCC(CNS(=O)(=O)CCCN)CC1. The number of nitrogens with one attached hydrogen (secondary N) is 1. The number of rotatable bonds is 7. The van der Waals surface area contributed by atoms with Crippen LogP contribution in [0.15, 0.2) is 0 Å². The minimum absolute atomic E-state index is 0.161. The molecule has 4 nitrogen and oxygen atoms in total. The van der Waals surface area contributed by atoms with Crippen LogP contribution in [0.1, 0.15) is 45.4 Å². The van der Waals surface area contributed by atoms with Gasteiger partial charge in [-0.05, 0) is 37.6 Å². The monoisotopic (exact) mass is 262 g/mol. The van der Waals surface area contributed by atoms with Crippen molar-refractivity contribution in [3.05, 3.63) is 0 Å². The molecule has 0 aromatic heterocycles. The summed E-state index contributed by atoms with van der Waals surface area (Å²) >= 11 is 0. The number of hydrogen-bond donors (Lipinski definition) is 2. The Bertz CT molecular complexity index is 296. The van der Waals surface area contributed by atoms with Gasteiger partial charge in [-0.2, -0.15) is 0 Å². The number of nitrogens with two attached hydrogens (primary N) is 1. The molecule has 1 aliphatic carbocycles. The Kier molecular flexibility index (Phi) is 6.44. The fourth-order valence-electron chi connectivity index (χ4n) is 2.43. The lowest BCUT2D eigenvalue weighted by molar-refractivity contribution is 0.270. The van der Waals surface area contributed by atoms with E-state index >= 15 is 0 Å². The van der Waals surface area contributed by atoms with Gasteiger partial charge >= 0.3 is 0 Å². The van der Waals surface area contributed by atoms with Gasteiger partial charge in [0.2, 0.25) is 10.0 Å². The zero-order valence-corrected chi connectivity index (χ0v) is 11.6. The van der Waals surface area contributed by atoms with E-state index in [0.717, 1.165) is 18.8 Å². The molecule has 17 heavy (non-hydrogen) atoms. The molecule has 5 heteroatoms. The highest BCUT2D eigenvalue weighted by Gasteiger charge is 2.21. The number of hydrogen-bond acceptors (Lipinski definition) is 3. The van der Waals surface area contributed by atoms with Gasteiger partial charge in [0, 0.05) is 6.54 Å². The van der Waals surface area contributed by atoms with Crippen molar-refractivity contribution in [2.75, 3.05) is 18.8 Å². The van der Waals surface area contributed by atoms with Crippen molar-refractivity contribution in [3.63, 3.8) is 0 Å². The van der Waals surface area contributed by atoms with Crippen LogP contribution in [-0.4, -0.2) is 27.3 Å². The van der Waals surface area contributed by atoms with Gasteiger partial charge in [0.25, 0.3) is 0 Å². The van der Waals surface area contributed by atoms with E-state index in [1.807, 2.05) is 0 Å². The van der Waals surface area contributed by atoms with Crippen LogP contribution in [0.25, 0.3) is 0 Å². The molecule has 0 radical (unpaired) electrons. The van der Waals surface area contributed by atoms with Crippen LogP contribution in [0.3, 0.4) is 0 Å². The molecule has 0 atom stereocenters. The maximum Gasteiger partial charge on any atom is 0.211 e. The summed E-state index contributed by atoms with van der Waals surface area (Å²) in [5, 5.41) is 0. The Morgan fingerprint density at radius 2 is 1.76 bits per heavy atom. The molecule has 0 spiro atoms. The summed E-state index contributed by atoms with van der Waals surface area (Å²) in [5.41, 5.74) is 5.31. The van der Waals surface area contributed by atoms with Crippen LogP contribution in [0.2, 0.25) is 0 Å². The summed E-state index contributed by atoms with van der Waals surface area (Å²) in [4.78, 5) is 0. The number of sulfonamides is 1. The van der Waals surface area contributed by atoms with Gasteiger partial charge < -0.3 is 5.73 Å². The average Bonchev–Trinajstić information content (AvgIpc) is 2.35. The van der Waals surface area contributed by atoms with E-state index in [1.165, 1.54) is 19.3 Å². The molecule has 0 unspecified atom stereocenters. The van der Waals surface area contributed by atoms with Crippen molar-refractivity contribution >= 4 is 10.0 Å². The Hall–Kier alpha value is -0.130. The van der Waals surface area contributed by atoms with E-state index in [-0.39, 0.29) is 5.75 Å². The molecule has 1 aliphatic rings. The second-order valence-corrected chi connectivity index (χ2v) is 7.03. The van der Waals surface area contributed by atoms with Crippen molar-refractivity contribution in [1.82, 2.24) is 4.72 Å². The quantitative estimate of drug-likeness (QED) is 0.730. The average molecular weight is 262 g/mol. The van der Waals surface area contributed by atoms with Crippen molar-refractivity contribution in [2.24, 2.45) is 17.6 Å². The smallest absolute Gasteiger partial charge is 0.211 e. The zero-order valence-electron chi connectivity index (χ0n) is 10.8. The summed E-state index contributed by atoms with van der Waals surface area (Å²) in [7, 11) is -3.09. The maximum atomic E-state index is 11.6. The lowest BCUT2D eigenvalue weighted by atomic mass is 9.81. The third kappa shape index (κ3) is 5.84. The zero-order chi connectivity index (χ0) is 12.7. The molecule has 0 aromatic carbocycles. The van der Waals surface area contributed by atoms with E-state index in [9.17, 15) is 8.42 Å². The van der Waals surface area contributed by atoms with E-state index in [4.69, 9.17) is 5.73 Å². The Morgan fingerprint density at radius 1 is 1.18 bits per heavy atom. The lowest BCUT2D eigenvalue weighted by Crippen LogP contribution is -2.33. The third-order valence-corrected chi connectivity index (χ3v) is 5.19. The summed E-state index contributed by atoms with van der Waals surface area (Å²) in [6.45, 7) is 3.28. The first-order valence-electron chi connectivity index (χ1n) is 6.74. The highest BCUT2D eigenvalue weighted by atomic mass is 32.2. The molecule has 1 fully saturated rings. The summed E-state index contributed by atoms with van der Waals surface area (Å²) in [6.07, 6.45) is 6.64. The van der Waals surface area contributed by atoms with Gasteiger partial charge in [-0.25, -0.2) is 13.1 Å². The Balaban J connectivity index is 2.23. The van der Waals surface area contributed by atoms with Crippen LogP contribution in [0.5, 0.6) is 0 Å². The van der Waals surface area contributed by atoms with Crippen molar-refractivity contribution < 1.29 is 8.42 Å². The maximum absolute atomic E-state index is 11.6. The van der Waals surface area contributed by atoms with E-state index in [0.29, 0.717) is 25.4 Å². The molecule has 0 bridgehead atoms. The van der Waals surface area contributed by atoms with Gasteiger partial charge in [0.05, 0.1) is 5.75 Å². The highest BCUT2D eigenvalue weighted by molar-refractivity contribution is 7.89. The Labute approximate surface area is 105 Å². The standard InChI is InChI=1S/C12H26N2O2S/c1-2-11-4-6-12(7-5-11)10-14-17(15,16)9-3-8-13/h11-12,14H,2-10,13H2,1H3. The fourth-order valence-corrected chi connectivity index (χ4v) is 3.61. The second-order valence-electron chi connectivity index (χ2n) is 5.10. The summed E-state index contributed by atoms with van der Waals surface area (Å²) in [5.74, 6) is 1.55. The topological polar surface area (TPSA) is 72.2 Å². The molecular weight excluding hydrogens is 236 g/mol. The van der Waals surface area contributed by atoms with Crippen molar-refractivity contribution in [1.29, 1.82) is 0 Å². The Morgan fingerprint density at radius 3 is 2.29 bits per heavy atom. The van der Waals surface area contributed by atoms with Gasteiger partial charge in [-0.3, -0.25) is 0 Å². The molecule has 0 heterocycles. The van der Waals surface area contributed by atoms with Gasteiger partial charge in [0.15, 0.2) is 0 Å². The molecule has 3 N–H and O–H groups in total. The predicted octanol–water partition coefficient (Wildman–Crippen LogP) is 1.47. The fraction of sp³-hybridized carbons (Fsp3) is 1.00.